The normalized spacial score (nSPS) is 11.7. The number of nitrogens with two attached hydrogens (primary N) is 2. The summed E-state index contributed by atoms with van der Waals surface area (Å²) in [7, 11) is 0. The summed E-state index contributed by atoms with van der Waals surface area (Å²) in [5.74, 6) is -2.94. The number of carbonyl (C=O) groups is 3. The van der Waals surface area contributed by atoms with Crippen LogP contribution in [0.4, 0.5) is 0 Å². The average Bonchev–Trinajstić information content (AvgIpc) is 3.00. The van der Waals surface area contributed by atoms with Crippen LogP contribution in [0.2, 0.25) is 0 Å². The Hall–Kier alpha value is -3.36. The van der Waals surface area contributed by atoms with Gasteiger partial charge in [-0.25, -0.2) is 4.79 Å². The van der Waals surface area contributed by atoms with Crippen molar-refractivity contribution in [3.8, 4) is 0 Å². The molecule has 2 aromatic rings. The lowest BCUT2D eigenvalue weighted by molar-refractivity contribution is -0.459. The third-order valence-corrected chi connectivity index (χ3v) is 3.64. The van der Waals surface area contributed by atoms with Crippen molar-refractivity contribution in [1.29, 1.82) is 0 Å². The van der Waals surface area contributed by atoms with Crippen molar-refractivity contribution in [2.75, 3.05) is 6.54 Å². The van der Waals surface area contributed by atoms with Crippen LogP contribution in [-0.2, 0) is 9.59 Å². The summed E-state index contributed by atoms with van der Waals surface area (Å²) in [6, 6.07) is 5.85. The van der Waals surface area contributed by atoms with Gasteiger partial charge in [0.05, 0.1) is 12.1 Å². The zero-order chi connectivity index (χ0) is 18.4. The highest BCUT2D eigenvalue weighted by Gasteiger charge is 2.25. The van der Waals surface area contributed by atoms with Gasteiger partial charge in [0.1, 0.15) is 6.04 Å². The van der Waals surface area contributed by atoms with Crippen LogP contribution in [0.25, 0.3) is 10.9 Å². The Kier molecular flexibility index (Phi) is 5.72. The minimum atomic E-state index is -1.22. The van der Waals surface area contributed by atoms with Crippen molar-refractivity contribution in [2.24, 2.45) is 11.5 Å². The number of guanidine groups is 1. The number of hydrogen-bond acceptors (Lipinski definition) is 3. The van der Waals surface area contributed by atoms with Crippen molar-refractivity contribution in [3.05, 3.63) is 36.0 Å². The largest absolute Gasteiger partial charge is 0.480 e. The fraction of sp³-hybridized carbons (Fsp3) is 0.250. The van der Waals surface area contributed by atoms with Crippen molar-refractivity contribution in [1.82, 2.24) is 10.3 Å². The van der Waals surface area contributed by atoms with Gasteiger partial charge in [-0.15, -0.1) is 0 Å². The van der Waals surface area contributed by atoms with Gasteiger partial charge in [-0.1, -0.05) is 18.2 Å². The Morgan fingerprint density at radius 3 is 2.64 bits per heavy atom. The SMILES string of the molecule is NC(N)=[NH+]CCC[C@H](NC(=O)C(=O)c1c[nH]c2ccccc12)C(=O)O. The molecule has 0 bridgehead atoms. The van der Waals surface area contributed by atoms with Gasteiger partial charge in [0.15, 0.2) is 0 Å². The Balaban J connectivity index is 2.03. The summed E-state index contributed by atoms with van der Waals surface area (Å²) in [4.78, 5) is 41.3. The number of aromatic amines is 1. The van der Waals surface area contributed by atoms with Gasteiger partial charge in [-0.2, -0.15) is 0 Å². The molecule has 0 aliphatic rings. The zero-order valence-electron chi connectivity index (χ0n) is 13.4. The van der Waals surface area contributed by atoms with E-state index in [9.17, 15) is 19.5 Å². The van der Waals surface area contributed by atoms with E-state index in [0.29, 0.717) is 18.4 Å². The van der Waals surface area contributed by atoms with Crippen molar-refractivity contribution < 1.29 is 24.5 Å². The molecule has 9 heteroatoms. The van der Waals surface area contributed by atoms with E-state index in [1.807, 2.05) is 0 Å². The summed E-state index contributed by atoms with van der Waals surface area (Å²) < 4.78 is 0. The standard InChI is InChI=1S/C16H19N5O4/c17-16(18)19-7-3-6-12(15(24)25)21-14(23)13(22)10-8-20-11-5-2-1-4-9(10)11/h1-2,4-5,8,12,20H,3,6-7H2,(H,21,23)(H,24,25)(H4,17,18,19)/p+1/t12-/m0/s1. The highest BCUT2D eigenvalue weighted by molar-refractivity contribution is 6.45. The fourth-order valence-corrected chi connectivity index (χ4v) is 2.40. The zero-order valence-corrected chi connectivity index (χ0v) is 13.4. The molecule has 0 radical (unpaired) electrons. The van der Waals surface area contributed by atoms with Crippen LogP contribution in [0, 0.1) is 0 Å². The molecule has 1 aromatic heterocycles. The number of para-hydroxylation sites is 1. The van der Waals surface area contributed by atoms with Gasteiger partial charge < -0.3 is 15.4 Å². The second-order valence-corrected chi connectivity index (χ2v) is 5.47. The Morgan fingerprint density at radius 2 is 1.96 bits per heavy atom. The van der Waals surface area contributed by atoms with Gasteiger partial charge in [-0.3, -0.25) is 26.0 Å². The number of carbonyl (C=O) groups excluding carboxylic acids is 2. The second kappa shape index (κ2) is 7.95. The number of carboxylic acids is 1. The quantitative estimate of drug-likeness (QED) is 0.107. The Morgan fingerprint density at radius 1 is 1.24 bits per heavy atom. The highest BCUT2D eigenvalue weighted by Crippen LogP contribution is 2.18. The number of benzene rings is 1. The van der Waals surface area contributed by atoms with E-state index in [2.05, 4.69) is 15.3 Å². The van der Waals surface area contributed by atoms with Gasteiger partial charge in [0.2, 0.25) is 0 Å². The molecule has 1 atom stereocenters. The summed E-state index contributed by atoms with van der Waals surface area (Å²) in [6.45, 7) is 0.360. The molecular formula is C16H20N5O4+. The number of amides is 1. The van der Waals surface area contributed by atoms with Crippen molar-refractivity contribution >= 4 is 34.5 Å². The number of hydrogen-bond donors (Lipinski definition) is 6. The number of aromatic nitrogens is 1. The molecule has 0 aliphatic carbocycles. The summed E-state index contributed by atoms with van der Waals surface area (Å²) in [5, 5.41) is 12.1. The van der Waals surface area contributed by atoms with Gasteiger partial charge >= 0.3 is 11.9 Å². The molecule has 9 nitrogen and oxygen atoms in total. The number of Topliss-reactive ketones (excluding diaryl/α,β-unsaturated/α-hetero) is 1. The van der Waals surface area contributed by atoms with Gasteiger partial charge in [0, 0.05) is 17.1 Å². The molecule has 0 unspecified atom stereocenters. The second-order valence-electron chi connectivity index (χ2n) is 5.47. The third-order valence-electron chi connectivity index (χ3n) is 3.64. The van der Waals surface area contributed by atoms with Gasteiger partial charge in [-0.05, 0) is 18.9 Å². The molecule has 0 saturated heterocycles. The molecule has 25 heavy (non-hydrogen) atoms. The van der Waals surface area contributed by atoms with Crippen molar-refractivity contribution in [3.63, 3.8) is 0 Å². The molecule has 0 aliphatic heterocycles. The molecule has 0 spiro atoms. The molecule has 8 N–H and O–H groups in total. The number of ketones is 1. The monoisotopic (exact) mass is 346 g/mol. The van der Waals surface area contributed by atoms with E-state index in [1.165, 1.54) is 6.20 Å². The van der Waals surface area contributed by atoms with Crippen LogP contribution in [0.15, 0.2) is 30.5 Å². The predicted octanol–water partition coefficient (Wildman–Crippen LogP) is -1.95. The first kappa shape index (κ1) is 18.0. The number of H-pyrrole nitrogens is 1. The molecule has 1 heterocycles. The van der Waals surface area contributed by atoms with Crippen LogP contribution in [-0.4, -0.2) is 46.3 Å². The molecule has 0 fully saturated rings. The number of carboxylic acid groups (broad SMARTS) is 1. The Labute approximate surface area is 143 Å². The number of aliphatic carboxylic acids is 1. The lowest BCUT2D eigenvalue weighted by Crippen LogP contribution is -2.78. The van der Waals surface area contributed by atoms with Crippen LogP contribution >= 0.6 is 0 Å². The fourth-order valence-electron chi connectivity index (χ4n) is 2.40. The third kappa shape index (κ3) is 4.56. The average molecular weight is 346 g/mol. The van der Waals surface area contributed by atoms with E-state index >= 15 is 0 Å². The first-order chi connectivity index (χ1) is 11.9. The molecule has 0 saturated carbocycles. The number of rotatable bonds is 8. The first-order valence-electron chi connectivity index (χ1n) is 7.66. The summed E-state index contributed by atoms with van der Waals surface area (Å²) in [6.07, 6.45) is 1.96. The van der Waals surface area contributed by atoms with Crippen LogP contribution in [0.3, 0.4) is 0 Å². The molecule has 132 valence electrons. The summed E-state index contributed by atoms with van der Waals surface area (Å²) in [5.41, 5.74) is 11.4. The maximum atomic E-state index is 12.3. The number of fused-ring (bicyclic) bond motifs is 1. The van der Waals surface area contributed by atoms with E-state index in [1.54, 1.807) is 24.3 Å². The van der Waals surface area contributed by atoms with Gasteiger partial charge in [0.25, 0.3) is 11.7 Å². The first-order valence-corrected chi connectivity index (χ1v) is 7.66. The summed E-state index contributed by atoms with van der Waals surface area (Å²) >= 11 is 0. The minimum Gasteiger partial charge on any atom is -0.480 e. The van der Waals surface area contributed by atoms with E-state index in [4.69, 9.17) is 11.5 Å². The van der Waals surface area contributed by atoms with Crippen LogP contribution in [0.5, 0.6) is 0 Å². The van der Waals surface area contributed by atoms with Crippen LogP contribution in [0.1, 0.15) is 23.2 Å². The topological polar surface area (TPSA) is 165 Å². The maximum absolute atomic E-state index is 12.3. The molecule has 2 rings (SSSR count). The Bertz CT molecular complexity index is 823. The predicted molar refractivity (Wildman–Crippen MR) is 90.6 cm³/mol. The smallest absolute Gasteiger partial charge is 0.338 e. The molecular weight excluding hydrogens is 326 g/mol. The lowest BCUT2D eigenvalue weighted by Gasteiger charge is -2.13. The minimum absolute atomic E-state index is 0.0328. The highest BCUT2D eigenvalue weighted by atomic mass is 16.4. The van der Waals surface area contributed by atoms with E-state index in [0.717, 1.165) is 5.52 Å². The van der Waals surface area contributed by atoms with E-state index in [-0.39, 0.29) is 17.9 Å². The molecule has 1 aromatic carbocycles. The number of nitrogens with one attached hydrogen (secondary N) is 3. The molecule has 1 amide bonds. The van der Waals surface area contributed by atoms with E-state index < -0.39 is 23.7 Å². The maximum Gasteiger partial charge on any atom is 0.338 e. The lowest BCUT2D eigenvalue weighted by atomic mass is 10.1. The van der Waals surface area contributed by atoms with Crippen LogP contribution < -0.4 is 21.8 Å². The van der Waals surface area contributed by atoms with Crippen molar-refractivity contribution in [2.45, 2.75) is 18.9 Å².